The molecule has 2 heteroatoms. The van der Waals surface area contributed by atoms with Crippen molar-refractivity contribution in [2.75, 3.05) is 0 Å². The molecular weight excluding hydrogens is 249 g/mol. The minimum Gasteiger partial charge on any atom is -0.360 e. The summed E-state index contributed by atoms with van der Waals surface area (Å²) in [4.78, 5) is 3.15. The number of aromatic amines is 1. The number of benzene rings is 2. The van der Waals surface area contributed by atoms with Crippen LogP contribution in [0.3, 0.4) is 0 Å². The Morgan fingerprint density at radius 1 is 0.950 bits per heavy atom. The Hall–Kier alpha value is -2.09. The van der Waals surface area contributed by atoms with Gasteiger partial charge in [-0.05, 0) is 47.7 Å². The Morgan fingerprint density at radius 2 is 1.75 bits per heavy atom. The quantitative estimate of drug-likeness (QED) is 0.679. The van der Waals surface area contributed by atoms with Crippen molar-refractivity contribution < 1.29 is 4.39 Å². The van der Waals surface area contributed by atoms with Gasteiger partial charge < -0.3 is 4.98 Å². The molecule has 2 aromatic carbocycles. The summed E-state index contributed by atoms with van der Waals surface area (Å²) < 4.78 is 13.2. The fraction of sp³-hybridized carbons (Fsp3) is 0.222. The predicted molar refractivity (Wildman–Crippen MR) is 82.4 cm³/mol. The van der Waals surface area contributed by atoms with Crippen LogP contribution in [0.1, 0.15) is 25.0 Å². The molecule has 0 radical (unpaired) electrons. The summed E-state index contributed by atoms with van der Waals surface area (Å²) >= 11 is 0. The molecule has 1 N–H and O–H groups in total. The van der Waals surface area contributed by atoms with Crippen LogP contribution in [-0.2, 0) is 12.8 Å². The van der Waals surface area contributed by atoms with Gasteiger partial charge in [0.25, 0.3) is 0 Å². The molecule has 102 valence electrons. The Balaban J connectivity index is 2.15. The van der Waals surface area contributed by atoms with Gasteiger partial charge in [-0.15, -0.1) is 0 Å². The van der Waals surface area contributed by atoms with Crippen LogP contribution in [0.2, 0.25) is 0 Å². The van der Waals surface area contributed by atoms with Crippen molar-refractivity contribution in [1.82, 2.24) is 4.98 Å². The number of nitrogens with one attached hydrogen (secondary N) is 1. The van der Waals surface area contributed by atoms with E-state index >= 15 is 0 Å². The average molecular weight is 267 g/mol. The second kappa shape index (κ2) is 5.12. The van der Waals surface area contributed by atoms with E-state index in [2.05, 4.69) is 37.0 Å². The van der Waals surface area contributed by atoms with Gasteiger partial charge in [0.15, 0.2) is 0 Å². The van der Waals surface area contributed by atoms with Crippen LogP contribution < -0.4 is 0 Å². The lowest BCUT2D eigenvalue weighted by atomic mass is 9.96. The van der Waals surface area contributed by atoms with Crippen molar-refractivity contribution in [3.63, 3.8) is 0 Å². The smallest absolute Gasteiger partial charge is 0.125 e. The first kappa shape index (κ1) is 12.9. The second-order valence-corrected chi connectivity index (χ2v) is 5.08. The molecule has 3 rings (SSSR count). The Morgan fingerprint density at radius 3 is 2.50 bits per heavy atom. The molecule has 1 nitrogen and oxygen atoms in total. The molecule has 0 aliphatic rings. The zero-order chi connectivity index (χ0) is 14.1. The van der Waals surface area contributed by atoms with Crippen LogP contribution in [-0.4, -0.2) is 4.98 Å². The maximum atomic E-state index is 13.2. The number of halogens is 1. The van der Waals surface area contributed by atoms with Gasteiger partial charge >= 0.3 is 0 Å². The van der Waals surface area contributed by atoms with Gasteiger partial charge in [0.2, 0.25) is 0 Å². The average Bonchev–Trinajstić information content (AvgIpc) is 2.89. The number of rotatable bonds is 3. The van der Waals surface area contributed by atoms with Gasteiger partial charge in [0.05, 0.1) is 0 Å². The standard InChI is InChI=1S/C18H18FN/c1-3-12-5-6-14(9-13(12)4-2)17-11-20-18-10-15(19)7-8-16(17)18/h5-11,20H,3-4H2,1-2H3. The highest BCUT2D eigenvalue weighted by molar-refractivity contribution is 5.95. The molecule has 1 aromatic heterocycles. The van der Waals surface area contributed by atoms with E-state index in [0.29, 0.717) is 0 Å². The van der Waals surface area contributed by atoms with E-state index in [-0.39, 0.29) is 5.82 Å². The molecular formula is C18H18FN. The first-order valence-corrected chi connectivity index (χ1v) is 7.11. The number of hydrogen-bond acceptors (Lipinski definition) is 0. The SMILES string of the molecule is CCc1ccc(-c2c[nH]c3cc(F)ccc23)cc1CC. The Bertz CT molecular complexity index is 755. The van der Waals surface area contributed by atoms with Crippen molar-refractivity contribution in [3.8, 4) is 11.1 Å². The van der Waals surface area contributed by atoms with Gasteiger partial charge in [0, 0.05) is 22.7 Å². The topological polar surface area (TPSA) is 15.8 Å². The molecule has 0 fully saturated rings. The van der Waals surface area contributed by atoms with E-state index in [0.717, 1.165) is 29.3 Å². The number of H-pyrrole nitrogens is 1. The molecule has 0 amide bonds. The van der Waals surface area contributed by atoms with Crippen molar-refractivity contribution >= 4 is 10.9 Å². The molecule has 0 atom stereocenters. The molecule has 1 heterocycles. The van der Waals surface area contributed by atoms with Crippen LogP contribution in [0, 0.1) is 5.82 Å². The summed E-state index contributed by atoms with van der Waals surface area (Å²) in [5, 5.41) is 1.07. The summed E-state index contributed by atoms with van der Waals surface area (Å²) in [6.07, 6.45) is 4.06. The van der Waals surface area contributed by atoms with Crippen molar-refractivity contribution in [1.29, 1.82) is 0 Å². The van der Waals surface area contributed by atoms with Gasteiger partial charge in [-0.25, -0.2) is 4.39 Å². The molecule has 0 aliphatic carbocycles. The lowest BCUT2D eigenvalue weighted by Crippen LogP contribution is -1.91. The molecule has 0 saturated heterocycles. The molecule has 0 unspecified atom stereocenters. The molecule has 0 bridgehead atoms. The zero-order valence-electron chi connectivity index (χ0n) is 11.8. The highest BCUT2D eigenvalue weighted by atomic mass is 19.1. The summed E-state index contributed by atoms with van der Waals surface area (Å²) in [7, 11) is 0. The summed E-state index contributed by atoms with van der Waals surface area (Å²) in [6.45, 7) is 4.37. The number of hydrogen-bond donors (Lipinski definition) is 1. The predicted octanol–water partition coefficient (Wildman–Crippen LogP) is 5.10. The fourth-order valence-electron chi connectivity index (χ4n) is 2.80. The van der Waals surface area contributed by atoms with E-state index < -0.39 is 0 Å². The molecule has 0 aliphatic heterocycles. The van der Waals surface area contributed by atoms with E-state index in [1.54, 1.807) is 6.07 Å². The van der Waals surface area contributed by atoms with Gasteiger partial charge in [0.1, 0.15) is 5.82 Å². The van der Waals surface area contributed by atoms with E-state index in [1.807, 2.05) is 12.3 Å². The third-order valence-electron chi connectivity index (χ3n) is 3.92. The summed E-state index contributed by atoms with van der Waals surface area (Å²) in [6, 6.07) is 11.5. The van der Waals surface area contributed by atoms with Crippen LogP contribution >= 0.6 is 0 Å². The number of fused-ring (bicyclic) bond motifs is 1. The third-order valence-corrected chi connectivity index (χ3v) is 3.92. The van der Waals surface area contributed by atoms with Gasteiger partial charge in [-0.1, -0.05) is 32.0 Å². The van der Waals surface area contributed by atoms with E-state index in [9.17, 15) is 4.39 Å². The first-order chi connectivity index (χ1) is 9.72. The zero-order valence-corrected chi connectivity index (χ0v) is 11.8. The maximum Gasteiger partial charge on any atom is 0.125 e. The van der Waals surface area contributed by atoms with Crippen molar-refractivity contribution in [2.45, 2.75) is 26.7 Å². The van der Waals surface area contributed by atoms with Crippen LogP contribution in [0.4, 0.5) is 4.39 Å². The Labute approximate surface area is 118 Å². The minimum absolute atomic E-state index is 0.207. The van der Waals surface area contributed by atoms with Crippen LogP contribution in [0.25, 0.3) is 22.0 Å². The van der Waals surface area contributed by atoms with E-state index in [1.165, 1.54) is 22.8 Å². The summed E-state index contributed by atoms with van der Waals surface area (Å²) in [5.41, 5.74) is 5.97. The monoisotopic (exact) mass is 267 g/mol. The minimum atomic E-state index is -0.207. The van der Waals surface area contributed by atoms with E-state index in [4.69, 9.17) is 0 Å². The lowest BCUT2D eigenvalue weighted by molar-refractivity contribution is 0.629. The van der Waals surface area contributed by atoms with Crippen LogP contribution in [0.5, 0.6) is 0 Å². The highest BCUT2D eigenvalue weighted by Gasteiger charge is 2.08. The number of aromatic nitrogens is 1. The van der Waals surface area contributed by atoms with Crippen LogP contribution in [0.15, 0.2) is 42.6 Å². The summed E-state index contributed by atoms with van der Waals surface area (Å²) in [5.74, 6) is -0.207. The normalized spacial score (nSPS) is 11.2. The molecule has 3 aromatic rings. The maximum absolute atomic E-state index is 13.2. The first-order valence-electron chi connectivity index (χ1n) is 7.11. The second-order valence-electron chi connectivity index (χ2n) is 5.08. The van der Waals surface area contributed by atoms with Gasteiger partial charge in [-0.2, -0.15) is 0 Å². The Kier molecular flexibility index (Phi) is 3.31. The molecule has 0 spiro atoms. The molecule has 0 saturated carbocycles. The molecule has 20 heavy (non-hydrogen) atoms. The lowest BCUT2D eigenvalue weighted by Gasteiger charge is -2.08. The number of aryl methyl sites for hydroxylation is 2. The van der Waals surface area contributed by atoms with Crippen molar-refractivity contribution in [2.24, 2.45) is 0 Å². The highest BCUT2D eigenvalue weighted by Crippen LogP contribution is 2.30. The third kappa shape index (κ3) is 2.11. The largest absolute Gasteiger partial charge is 0.360 e. The van der Waals surface area contributed by atoms with Gasteiger partial charge in [-0.3, -0.25) is 0 Å². The van der Waals surface area contributed by atoms with Crippen molar-refractivity contribution in [3.05, 3.63) is 59.5 Å². The fourth-order valence-corrected chi connectivity index (χ4v) is 2.80.